The van der Waals surface area contributed by atoms with E-state index in [4.69, 9.17) is 28.4 Å². The summed E-state index contributed by atoms with van der Waals surface area (Å²) in [6, 6.07) is 13.6. The van der Waals surface area contributed by atoms with Crippen molar-refractivity contribution in [3.05, 3.63) is 96.6 Å². The van der Waals surface area contributed by atoms with Gasteiger partial charge >= 0.3 is 11.9 Å². The highest BCUT2D eigenvalue weighted by atomic mass is 19.1. The summed E-state index contributed by atoms with van der Waals surface area (Å²) in [7, 11) is 0. The fourth-order valence-electron chi connectivity index (χ4n) is 4.89. The SMILES string of the molecule is C=CC(=O)OCC(CO)(CO)COc1ccc(-c2c(F)cc(OCCOc3ccc(CCCC)cc3)cc2F)cc1OCC(CO)(CO)COC(=O)C(=C)C. The number of ether oxygens (including phenoxy) is 6. The van der Waals surface area contributed by atoms with Crippen molar-refractivity contribution in [3.8, 4) is 34.1 Å². The van der Waals surface area contributed by atoms with Gasteiger partial charge in [-0.2, -0.15) is 0 Å². The third-order valence-corrected chi connectivity index (χ3v) is 8.57. The second-order valence-electron chi connectivity index (χ2n) is 13.2. The van der Waals surface area contributed by atoms with E-state index in [1.807, 2.05) is 24.3 Å². The Bertz CT molecular complexity index is 1700. The van der Waals surface area contributed by atoms with E-state index in [9.17, 15) is 30.0 Å². The first-order chi connectivity index (χ1) is 26.4. The molecule has 55 heavy (non-hydrogen) atoms. The number of hydrogen-bond donors (Lipinski definition) is 4. The molecular formula is C41H50F2O12. The number of rotatable bonds is 25. The minimum atomic E-state index is -1.53. The van der Waals surface area contributed by atoms with Crippen molar-refractivity contribution in [2.45, 2.75) is 33.1 Å². The lowest BCUT2D eigenvalue weighted by atomic mass is 9.92. The molecule has 0 amide bonds. The third-order valence-electron chi connectivity index (χ3n) is 8.57. The van der Waals surface area contributed by atoms with Crippen molar-refractivity contribution in [1.82, 2.24) is 0 Å². The van der Waals surface area contributed by atoms with E-state index in [0.29, 0.717) is 5.75 Å². The van der Waals surface area contributed by atoms with Crippen molar-refractivity contribution in [2.24, 2.45) is 10.8 Å². The molecule has 0 saturated carbocycles. The molecule has 14 heteroatoms. The summed E-state index contributed by atoms with van der Waals surface area (Å²) in [6.45, 7) is 5.93. The van der Waals surface area contributed by atoms with Crippen LogP contribution in [0, 0.1) is 22.5 Å². The lowest BCUT2D eigenvalue weighted by Gasteiger charge is -2.31. The summed E-state index contributed by atoms with van der Waals surface area (Å²) in [5.74, 6) is -3.12. The van der Waals surface area contributed by atoms with Crippen LogP contribution in [0.2, 0.25) is 0 Å². The molecule has 3 rings (SSSR count). The maximum absolute atomic E-state index is 15.6. The zero-order valence-electron chi connectivity index (χ0n) is 31.2. The van der Waals surface area contributed by atoms with E-state index in [-0.39, 0.29) is 41.6 Å². The standard InChI is InChI=1S/C41H50F2O12/c1-5-7-8-29-9-12-31(13-10-29)50-15-16-51-32-18-33(42)38(34(43)19-32)30-11-14-35(52-24-40(20-44,21-45)26-54-37(48)6-2)36(17-30)53-25-41(22-46,23-47)27-55-39(49)28(3)4/h6,9-14,17-19,44-47H,2-3,5,7-8,15-16,20-27H2,1,4H3. The van der Waals surface area contributed by atoms with Crippen LogP contribution in [0.4, 0.5) is 8.78 Å². The summed E-state index contributed by atoms with van der Waals surface area (Å²) in [5, 5.41) is 40.5. The van der Waals surface area contributed by atoms with Gasteiger partial charge in [-0.25, -0.2) is 18.4 Å². The quantitative estimate of drug-likeness (QED) is 0.0519. The van der Waals surface area contributed by atoms with Gasteiger partial charge in [-0.05, 0) is 55.2 Å². The molecular weight excluding hydrogens is 722 g/mol. The number of carbonyl (C=O) groups excluding carboxylic acids is 2. The van der Waals surface area contributed by atoms with E-state index >= 15 is 8.78 Å². The van der Waals surface area contributed by atoms with Crippen LogP contribution >= 0.6 is 0 Å². The Morgan fingerprint density at radius 2 is 1.27 bits per heavy atom. The van der Waals surface area contributed by atoms with Gasteiger partial charge in [0.2, 0.25) is 0 Å². The Kier molecular flexibility index (Phi) is 17.6. The molecule has 300 valence electrons. The van der Waals surface area contributed by atoms with E-state index in [2.05, 4.69) is 20.1 Å². The first kappa shape index (κ1) is 44.4. The highest BCUT2D eigenvalue weighted by molar-refractivity contribution is 5.87. The molecule has 4 N–H and O–H groups in total. The number of halogens is 2. The number of aliphatic hydroxyl groups excluding tert-OH is 4. The number of benzene rings is 3. The highest BCUT2D eigenvalue weighted by Crippen LogP contribution is 2.38. The molecule has 0 heterocycles. The molecule has 0 saturated heterocycles. The fourth-order valence-corrected chi connectivity index (χ4v) is 4.89. The number of esters is 2. The molecule has 0 aliphatic heterocycles. The molecule has 0 bridgehead atoms. The molecule has 0 spiro atoms. The van der Waals surface area contributed by atoms with Crippen LogP contribution in [-0.4, -0.2) is 98.4 Å². The van der Waals surface area contributed by atoms with Gasteiger partial charge < -0.3 is 48.8 Å². The highest BCUT2D eigenvalue weighted by Gasteiger charge is 2.35. The second-order valence-corrected chi connectivity index (χ2v) is 13.2. The van der Waals surface area contributed by atoms with Gasteiger partial charge in [-0.1, -0.05) is 44.7 Å². The van der Waals surface area contributed by atoms with Crippen LogP contribution < -0.4 is 18.9 Å². The molecule has 0 fully saturated rings. The molecule has 12 nitrogen and oxygen atoms in total. The van der Waals surface area contributed by atoms with Crippen LogP contribution in [0.1, 0.15) is 32.3 Å². The summed E-state index contributed by atoms with van der Waals surface area (Å²) < 4.78 is 64.5. The average molecular weight is 773 g/mol. The predicted octanol–water partition coefficient (Wildman–Crippen LogP) is 4.98. The largest absolute Gasteiger partial charge is 0.490 e. The lowest BCUT2D eigenvalue weighted by molar-refractivity contribution is -0.147. The number of carbonyl (C=O) groups is 2. The van der Waals surface area contributed by atoms with Gasteiger partial charge in [0.05, 0.1) is 42.8 Å². The molecule has 0 radical (unpaired) electrons. The topological polar surface area (TPSA) is 170 Å². The first-order valence-electron chi connectivity index (χ1n) is 17.7. The molecule has 3 aromatic carbocycles. The Morgan fingerprint density at radius 1 is 0.727 bits per heavy atom. The van der Waals surface area contributed by atoms with E-state index in [0.717, 1.165) is 37.5 Å². The summed E-state index contributed by atoms with van der Waals surface area (Å²) in [5.41, 5.74) is -2.17. The molecule has 0 unspecified atom stereocenters. The Hall–Kier alpha value is -5.02. The molecule has 0 aliphatic rings. The van der Waals surface area contributed by atoms with E-state index < -0.39 is 92.8 Å². The van der Waals surface area contributed by atoms with Crippen LogP contribution in [-0.2, 0) is 25.5 Å². The van der Waals surface area contributed by atoms with Crippen LogP contribution in [0.3, 0.4) is 0 Å². The minimum Gasteiger partial charge on any atom is -0.490 e. The lowest BCUT2D eigenvalue weighted by Crippen LogP contribution is -2.42. The maximum atomic E-state index is 15.6. The van der Waals surface area contributed by atoms with Crippen molar-refractivity contribution < 1.29 is 67.2 Å². The van der Waals surface area contributed by atoms with Crippen LogP contribution in [0.5, 0.6) is 23.0 Å². The maximum Gasteiger partial charge on any atom is 0.333 e. The zero-order valence-corrected chi connectivity index (χ0v) is 31.2. The Labute approximate surface area is 319 Å². The van der Waals surface area contributed by atoms with Gasteiger partial charge in [-0.15, -0.1) is 0 Å². The summed E-state index contributed by atoms with van der Waals surface area (Å²) >= 11 is 0. The average Bonchev–Trinajstić information content (AvgIpc) is 3.19. The van der Waals surface area contributed by atoms with E-state index in [1.165, 1.54) is 30.7 Å². The Morgan fingerprint density at radius 3 is 1.80 bits per heavy atom. The second kappa shape index (κ2) is 21.8. The van der Waals surface area contributed by atoms with Crippen molar-refractivity contribution in [1.29, 1.82) is 0 Å². The predicted molar refractivity (Wildman–Crippen MR) is 199 cm³/mol. The zero-order chi connectivity index (χ0) is 40.4. The molecule has 0 aromatic heterocycles. The van der Waals surface area contributed by atoms with Gasteiger partial charge in [0.1, 0.15) is 62.8 Å². The minimum absolute atomic E-state index is 0.00239. The van der Waals surface area contributed by atoms with Gasteiger partial charge in [-0.3, -0.25) is 0 Å². The first-order valence-corrected chi connectivity index (χ1v) is 17.7. The number of aryl methyl sites for hydroxylation is 1. The summed E-state index contributed by atoms with van der Waals surface area (Å²) in [4.78, 5) is 23.7. The van der Waals surface area contributed by atoms with Crippen LogP contribution in [0.15, 0.2) is 79.4 Å². The van der Waals surface area contributed by atoms with Crippen LogP contribution in [0.25, 0.3) is 11.1 Å². The number of unbranched alkanes of at least 4 members (excludes halogenated alkanes) is 1. The van der Waals surface area contributed by atoms with Crippen molar-refractivity contribution in [3.63, 3.8) is 0 Å². The van der Waals surface area contributed by atoms with Crippen molar-refractivity contribution in [2.75, 3.05) is 66.1 Å². The van der Waals surface area contributed by atoms with Gasteiger partial charge in [0.15, 0.2) is 11.5 Å². The van der Waals surface area contributed by atoms with Gasteiger partial charge in [0, 0.05) is 23.8 Å². The Balaban J connectivity index is 1.85. The number of aliphatic hydroxyl groups is 4. The normalized spacial score (nSPS) is 11.4. The number of hydrogen-bond acceptors (Lipinski definition) is 12. The smallest absolute Gasteiger partial charge is 0.333 e. The molecule has 3 aromatic rings. The van der Waals surface area contributed by atoms with Crippen molar-refractivity contribution >= 4 is 11.9 Å². The molecule has 0 atom stereocenters. The molecule has 0 aliphatic carbocycles. The van der Waals surface area contributed by atoms with E-state index in [1.54, 1.807) is 0 Å². The van der Waals surface area contributed by atoms with Gasteiger partial charge in [0.25, 0.3) is 0 Å². The third kappa shape index (κ3) is 13.1. The monoisotopic (exact) mass is 772 g/mol. The fraction of sp³-hybridized carbons (Fsp3) is 0.415. The summed E-state index contributed by atoms with van der Waals surface area (Å²) in [6.07, 6.45) is 4.08.